The molecule has 0 atom stereocenters. The molecular weight excluding hydrogens is 580 g/mol. The molecule has 44 heavy (non-hydrogen) atoms. The second-order valence-corrected chi connectivity index (χ2v) is 10.1. The number of fused-ring (bicyclic) bond motifs is 4. The van der Waals surface area contributed by atoms with Crippen molar-refractivity contribution < 1.29 is 36.7 Å². The first kappa shape index (κ1) is 27.1. The van der Waals surface area contributed by atoms with E-state index in [1.165, 1.54) is 24.5 Å². The van der Waals surface area contributed by atoms with Gasteiger partial charge >= 0.3 is 0 Å². The van der Waals surface area contributed by atoms with Gasteiger partial charge < -0.3 is 0 Å². The fraction of sp³-hybridized carbons (Fsp3) is 0.0625. The maximum atomic E-state index is 13.7. The first-order valence-corrected chi connectivity index (χ1v) is 13.1. The molecule has 214 valence electrons. The summed E-state index contributed by atoms with van der Waals surface area (Å²) in [5, 5.41) is 0. The SMILES string of the molecule is CCc1c2ncc(C=C3C(=O)c4cc(F)c(F)cc4C3=O)nc2cc2ncc(C=C3C(=O)c4cc(F)c(F)cc4C3=O)nc12. The number of carbonyl (C=O) groups is 4. The van der Waals surface area contributed by atoms with Gasteiger partial charge in [0.2, 0.25) is 0 Å². The minimum atomic E-state index is -1.24. The summed E-state index contributed by atoms with van der Waals surface area (Å²) in [5.41, 5.74) is 0.939. The molecule has 0 saturated heterocycles. The van der Waals surface area contributed by atoms with Gasteiger partial charge in [0.15, 0.2) is 46.4 Å². The Bertz CT molecular complexity index is 2210. The second kappa shape index (κ2) is 9.63. The van der Waals surface area contributed by atoms with Gasteiger partial charge in [0.1, 0.15) is 0 Å². The third-order valence-corrected chi connectivity index (χ3v) is 7.50. The first-order chi connectivity index (χ1) is 21.0. The maximum absolute atomic E-state index is 13.7. The van der Waals surface area contributed by atoms with E-state index in [0.29, 0.717) is 58.3 Å². The Morgan fingerprint density at radius 2 is 1.00 bits per heavy atom. The maximum Gasteiger partial charge on any atom is 0.197 e. The van der Waals surface area contributed by atoms with Gasteiger partial charge in [0.25, 0.3) is 0 Å². The van der Waals surface area contributed by atoms with Gasteiger partial charge in [-0.3, -0.25) is 29.1 Å². The largest absolute Gasteiger partial charge is 0.288 e. The molecule has 2 heterocycles. The third kappa shape index (κ3) is 3.98. The predicted octanol–water partition coefficient (Wildman–Crippen LogP) is 5.62. The minimum Gasteiger partial charge on any atom is -0.288 e. The zero-order valence-electron chi connectivity index (χ0n) is 22.3. The molecule has 0 unspecified atom stereocenters. The highest BCUT2D eigenvalue weighted by atomic mass is 19.2. The molecular formula is C32H14F4N4O4. The van der Waals surface area contributed by atoms with Crippen LogP contribution in [-0.4, -0.2) is 43.1 Å². The number of ketones is 4. The van der Waals surface area contributed by atoms with Crippen LogP contribution in [0, 0.1) is 23.3 Å². The molecule has 2 aliphatic carbocycles. The van der Waals surface area contributed by atoms with Crippen molar-refractivity contribution in [3.8, 4) is 0 Å². The van der Waals surface area contributed by atoms with Gasteiger partial charge in [-0.1, -0.05) is 6.92 Å². The lowest BCUT2D eigenvalue weighted by Gasteiger charge is -2.09. The molecule has 5 aromatic rings. The minimum absolute atomic E-state index is 0.143. The summed E-state index contributed by atoms with van der Waals surface area (Å²) in [6.45, 7) is 1.84. The number of rotatable bonds is 3. The molecule has 0 bridgehead atoms. The lowest BCUT2D eigenvalue weighted by Crippen LogP contribution is -2.03. The predicted molar refractivity (Wildman–Crippen MR) is 148 cm³/mol. The molecule has 2 aliphatic rings. The molecule has 0 fully saturated rings. The van der Waals surface area contributed by atoms with E-state index in [0.717, 1.165) is 0 Å². The summed E-state index contributed by atoms with van der Waals surface area (Å²) in [5.74, 6) is -8.01. The first-order valence-electron chi connectivity index (χ1n) is 13.1. The molecule has 12 heteroatoms. The number of aryl methyl sites for hydroxylation is 1. The molecule has 2 aromatic heterocycles. The van der Waals surface area contributed by atoms with E-state index in [1.807, 2.05) is 6.92 Å². The molecule has 0 amide bonds. The van der Waals surface area contributed by atoms with Crippen molar-refractivity contribution in [1.29, 1.82) is 0 Å². The van der Waals surface area contributed by atoms with Crippen LogP contribution in [0.2, 0.25) is 0 Å². The Balaban J connectivity index is 1.28. The van der Waals surface area contributed by atoms with Crippen LogP contribution in [-0.2, 0) is 6.42 Å². The zero-order valence-corrected chi connectivity index (χ0v) is 22.3. The Hall–Kier alpha value is -5.78. The topological polar surface area (TPSA) is 120 Å². The highest BCUT2D eigenvalue weighted by molar-refractivity contribution is 6.42. The summed E-state index contributed by atoms with van der Waals surface area (Å²) < 4.78 is 54.8. The zero-order chi connectivity index (χ0) is 31.0. The average molecular weight is 594 g/mol. The number of nitrogens with zero attached hydrogens (tertiary/aromatic N) is 4. The smallest absolute Gasteiger partial charge is 0.197 e. The molecule has 3 aromatic carbocycles. The number of Topliss-reactive ketones (excluding diaryl/α,β-unsaturated/α-hetero) is 4. The fourth-order valence-corrected chi connectivity index (χ4v) is 5.40. The van der Waals surface area contributed by atoms with E-state index >= 15 is 0 Å². The van der Waals surface area contributed by atoms with Gasteiger partial charge in [-0.2, -0.15) is 0 Å². The third-order valence-electron chi connectivity index (χ3n) is 7.50. The highest BCUT2D eigenvalue weighted by Gasteiger charge is 2.36. The number of benzene rings is 3. The van der Waals surface area contributed by atoms with Crippen molar-refractivity contribution in [3.05, 3.63) is 116 Å². The summed E-state index contributed by atoms with van der Waals surface area (Å²) in [7, 11) is 0. The van der Waals surface area contributed by atoms with Gasteiger partial charge in [0.05, 0.1) is 57.0 Å². The lowest BCUT2D eigenvalue weighted by atomic mass is 10.1. The van der Waals surface area contributed by atoms with Crippen LogP contribution in [0.25, 0.3) is 34.2 Å². The van der Waals surface area contributed by atoms with Crippen LogP contribution >= 0.6 is 0 Å². The standard InChI is InChI=1S/C32H14F4N4O4/c1-2-14-27-26(39-12(11-38-27)3-19-29(41)15-5-21(33)22(34)6-16(15)30(19)42)9-25-28(14)40-13(10-37-25)4-20-31(43)17-7-23(35)24(36)8-18(17)32(20)44/h3-11H,2H2,1H3. The Morgan fingerprint density at radius 3 is 1.45 bits per heavy atom. The van der Waals surface area contributed by atoms with E-state index in [2.05, 4.69) is 19.9 Å². The Morgan fingerprint density at radius 1 is 0.568 bits per heavy atom. The molecule has 0 radical (unpaired) electrons. The van der Waals surface area contributed by atoms with Crippen molar-refractivity contribution in [2.24, 2.45) is 0 Å². The van der Waals surface area contributed by atoms with Crippen molar-refractivity contribution >= 4 is 57.4 Å². The molecule has 0 saturated carbocycles. The molecule has 0 N–H and O–H groups in total. The normalized spacial score (nSPS) is 14.2. The van der Waals surface area contributed by atoms with Crippen LogP contribution in [0.15, 0.2) is 53.9 Å². The van der Waals surface area contributed by atoms with E-state index in [-0.39, 0.29) is 44.8 Å². The van der Waals surface area contributed by atoms with E-state index in [9.17, 15) is 36.7 Å². The van der Waals surface area contributed by atoms with Crippen LogP contribution < -0.4 is 0 Å². The van der Waals surface area contributed by atoms with E-state index in [1.54, 1.807) is 6.07 Å². The number of allylic oxidation sites excluding steroid dienone is 2. The number of carbonyl (C=O) groups excluding carboxylic acids is 4. The fourth-order valence-electron chi connectivity index (χ4n) is 5.40. The van der Waals surface area contributed by atoms with E-state index in [4.69, 9.17) is 0 Å². The summed E-state index contributed by atoms with van der Waals surface area (Å²) in [6, 6.07) is 4.35. The molecule has 0 aliphatic heterocycles. The summed E-state index contributed by atoms with van der Waals surface area (Å²) in [6.07, 6.45) is 5.48. The molecule has 0 spiro atoms. The number of hydrogen-bond donors (Lipinski definition) is 0. The monoisotopic (exact) mass is 594 g/mol. The summed E-state index contributed by atoms with van der Waals surface area (Å²) >= 11 is 0. The number of halogens is 4. The second-order valence-electron chi connectivity index (χ2n) is 10.1. The Kier molecular flexibility index (Phi) is 5.92. The molecule has 8 nitrogen and oxygen atoms in total. The van der Waals surface area contributed by atoms with Crippen LogP contribution in [0.1, 0.15) is 65.3 Å². The number of hydrogen-bond acceptors (Lipinski definition) is 8. The average Bonchev–Trinajstić information content (AvgIpc) is 3.35. The summed E-state index contributed by atoms with van der Waals surface area (Å²) in [4.78, 5) is 69.1. The van der Waals surface area contributed by atoms with Crippen molar-refractivity contribution in [2.75, 3.05) is 0 Å². The lowest BCUT2D eigenvalue weighted by molar-refractivity contribution is 0.0974. The van der Waals surface area contributed by atoms with Gasteiger partial charge in [-0.15, -0.1) is 0 Å². The van der Waals surface area contributed by atoms with E-state index < -0.39 is 46.4 Å². The van der Waals surface area contributed by atoms with Crippen LogP contribution in [0.3, 0.4) is 0 Å². The van der Waals surface area contributed by atoms with Crippen molar-refractivity contribution in [2.45, 2.75) is 13.3 Å². The quantitative estimate of drug-likeness (QED) is 0.114. The number of aromatic nitrogens is 4. The molecule has 7 rings (SSSR count). The van der Waals surface area contributed by atoms with Gasteiger partial charge in [-0.05, 0) is 48.9 Å². The van der Waals surface area contributed by atoms with Crippen molar-refractivity contribution in [1.82, 2.24) is 19.9 Å². The van der Waals surface area contributed by atoms with Crippen LogP contribution in [0.5, 0.6) is 0 Å². The van der Waals surface area contributed by atoms with Gasteiger partial charge in [-0.25, -0.2) is 27.5 Å². The van der Waals surface area contributed by atoms with Crippen LogP contribution in [0.4, 0.5) is 17.6 Å². The van der Waals surface area contributed by atoms with Crippen molar-refractivity contribution in [3.63, 3.8) is 0 Å². The Labute approximate surface area is 243 Å². The highest BCUT2D eigenvalue weighted by Crippen LogP contribution is 2.32. The van der Waals surface area contributed by atoms with Gasteiger partial charge in [0, 0.05) is 27.8 Å².